The standard InChI is InChI=1S/C18H10BrN3/c19-13-9-7-12(8-10-13)17-18-14-5-1-3-11-4-2-6-15(16(11)14)22(18)21-20-17/h1-10H. The molecule has 3 aromatic carbocycles. The first-order valence-corrected chi connectivity index (χ1v) is 7.86. The van der Waals surface area contributed by atoms with Gasteiger partial charge in [0, 0.05) is 20.8 Å². The summed E-state index contributed by atoms with van der Waals surface area (Å²) >= 11 is 3.48. The van der Waals surface area contributed by atoms with Crippen LogP contribution in [-0.2, 0) is 0 Å². The van der Waals surface area contributed by atoms with Gasteiger partial charge in [-0.25, -0.2) is 4.52 Å². The van der Waals surface area contributed by atoms with E-state index >= 15 is 0 Å². The van der Waals surface area contributed by atoms with Crippen LogP contribution in [0.1, 0.15) is 0 Å². The van der Waals surface area contributed by atoms with Crippen LogP contribution in [0.2, 0.25) is 0 Å². The Hall–Kier alpha value is -2.46. The van der Waals surface area contributed by atoms with Gasteiger partial charge in [-0.15, -0.1) is 5.10 Å². The smallest absolute Gasteiger partial charge is 0.121 e. The molecule has 4 heteroatoms. The molecule has 0 aliphatic heterocycles. The van der Waals surface area contributed by atoms with E-state index < -0.39 is 0 Å². The van der Waals surface area contributed by atoms with E-state index in [2.05, 4.69) is 74.8 Å². The van der Waals surface area contributed by atoms with Crippen molar-refractivity contribution >= 4 is 43.1 Å². The molecule has 2 aromatic heterocycles. The van der Waals surface area contributed by atoms with Crippen LogP contribution in [0.5, 0.6) is 0 Å². The summed E-state index contributed by atoms with van der Waals surface area (Å²) in [5, 5.41) is 12.5. The zero-order valence-corrected chi connectivity index (χ0v) is 13.1. The number of nitrogens with zero attached hydrogens (tertiary/aromatic N) is 3. The maximum absolute atomic E-state index is 4.42. The van der Waals surface area contributed by atoms with Crippen LogP contribution in [0.25, 0.3) is 38.4 Å². The Balaban J connectivity index is 1.97. The predicted molar refractivity (Wildman–Crippen MR) is 92.3 cm³/mol. The second-order valence-electron chi connectivity index (χ2n) is 5.39. The molecule has 0 unspecified atom stereocenters. The van der Waals surface area contributed by atoms with E-state index in [4.69, 9.17) is 0 Å². The zero-order valence-electron chi connectivity index (χ0n) is 11.5. The maximum Gasteiger partial charge on any atom is 0.121 e. The summed E-state index contributed by atoms with van der Waals surface area (Å²) < 4.78 is 3.01. The fourth-order valence-corrected chi connectivity index (χ4v) is 3.45. The Morgan fingerprint density at radius 2 is 1.64 bits per heavy atom. The lowest BCUT2D eigenvalue weighted by Crippen LogP contribution is -1.82. The van der Waals surface area contributed by atoms with Gasteiger partial charge in [0.15, 0.2) is 0 Å². The third-order valence-corrected chi connectivity index (χ3v) is 4.68. The van der Waals surface area contributed by atoms with Crippen LogP contribution in [0.3, 0.4) is 0 Å². The minimum Gasteiger partial charge on any atom is -0.212 e. The first-order valence-electron chi connectivity index (χ1n) is 7.07. The van der Waals surface area contributed by atoms with Crippen molar-refractivity contribution < 1.29 is 0 Å². The van der Waals surface area contributed by atoms with Gasteiger partial charge in [0.25, 0.3) is 0 Å². The fourth-order valence-electron chi connectivity index (χ4n) is 3.19. The third kappa shape index (κ3) is 1.50. The van der Waals surface area contributed by atoms with Gasteiger partial charge in [-0.2, -0.15) is 0 Å². The molecule has 5 aromatic rings. The number of aromatic nitrogens is 3. The lowest BCUT2D eigenvalue weighted by molar-refractivity contribution is 0.888. The molecule has 0 atom stereocenters. The average Bonchev–Trinajstić information content (AvgIpc) is 3.11. The van der Waals surface area contributed by atoms with E-state index in [1.165, 1.54) is 16.2 Å². The van der Waals surface area contributed by atoms with Crippen molar-refractivity contribution in [1.29, 1.82) is 0 Å². The molecule has 0 radical (unpaired) electrons. The van der Waals surface area contributed by atoms with Gasteiger partial charge in [0.05, 0.1) is 5.52 Å². The maximum atomic E-state index is 4.42. The van der Waals surface area contributed by atoms with Crippen LogP contribution in [0, 0.1) is 0 Å². The van der Waals surface area contributed by atoms with E-state index in [-0.39, 0.29) is 0 Å². The van der Waals surface area contributed by atoms with Gasteiger partial charge < -0.3 is 0 Å². The largest absolute Gasteiger partial charge is 0.212 e. The second-order valence-corrected chi connectivity index (χ2v) is 6.30. The highest BCUT2D eigenvalue weighted by Gasteiger charge is 2.17. The second kappa shape index (κ2) is 4.27. The van der Waals surface area contributed by atoms with Crippen molar-refractivity contribution in [2.24, 2.45) is 0 Å². The molecule has 104 valence electrons. The van der Waals surface area contributed by atoms with Gasteiger partial charge in [-0.1, -0.05) is 63.6 Å². The summed E-state index contributed by atoms with van der Waals surface area (Å²) in [6.07, 6.45) is 0. The molecule has 0 amide bonds. The van der Waals surface area contributed by atoms with Crippen molar-refractivity contribution in [3.63, 3.8) is 0 Å². The number of rotatable bonds is 1. The summed E-state index contributed by atoms with van der Waals surface area (Å²) in [5.41, 5.74) is 4.19. The van der Waals surface area contributed by atoms with E-state index in [1.807, 2.05) is 16.6 Å². The number of benzene rings is 3. The molecule has 0 aliphatic carbocycles. The van der Waals surface area contributed by atoms with E-state index in [1.54, 1.807) is 0 Å². The Morgan fingerprint density at radius 3 is 2.45 bits per heavy atom. The third-order valence-electron chi connectivity index (χ3n) is 4.15. The molecule has 0 bridgehead atoms. The van der Waals surface area contributed by atoms with Crippen molar-refractivity contribution in [2.45, 2.75) is 0 Å². The normalized spacial score (nSPS) is 11.9. The molecule has 0 N–H and O–H groups in total. The molecule has 0 saturated carbocycles. The Labute approximate surface area is 134 Å². The topological polar surface area (TPSA) is 30.2 Å². The Morgan fingerprint density at radius 1 is 0.864 bits per heavy atom. The fraction of sp³-hybridized carbons (Fsp3) is 0. The molecular formula is C18H10BrN3. The first kappa shape index (κ1) is 12.1. The summed E-state index contributed by atoms with van der Waals surface area (Å²) in [7, 11) is 0. The lowest BCUT2D eigenvalue weighted by atomic mass is 10.1. The number of hydrogen-bond donors (Lipinski definition) is 0. The number of hydrogen-bond acceptors (Lipinski definition) is 2. The summed E-state index contributed by atoms with van der Waals surface area (Å²) in [4.78, 5) is 0. The molecular weight excluding hydrogens is 338 g/mol. The highest BCUT2D eigenvalue weighted by molar-refractivity contribution is 9.10. The SMILES string of the molecule is Brc1ccc(-c2nnn3c4cccc5cccc(c54)c23)cc1. The summed E-state index contributed by atoms with van der Waals surface area (Å²) in [5.74, 6) is 0. The van der Waals surface area contributed by atoms with Crippen molar-refractivity contribution in [3.8, 4) is 11.3 Å². The van der Waals surface area contributed by atoms with Crippen LogP contribution >= 0.6 is 15.9 Å². The molecule has 3 nitrogen and oxygen atoms in total. The summed E-state index contributed by atoms with van der Waals surface area (Å²) in [6.45, 7) is 0. The molecule has 0 fully saturated rings. The van der Waals surface area contributed by atoms with Crippen LogP contribution < -0.4 is 0 Å². The summed E-state index contributed by atoms with van der Waals surface area (Å²) in [6, 6.07) is 20.9. The van der Waals surface area contributed by atoms with E-state index in [0.29, 0.717) is 0 Å². The number of halogens is 1. The molecule has 0 saturated heterocycles. The van der Waals surface area contributed by atoms with Crippen LogP contribution in [0.15, 0.2) is 65.1 Å². The minimum absolute atomic E-state index is 0.927. The van der Waals surface area contributed by atoms with Crippen LogP contribution in [-0.4, -0.2) is 14.8 Å². The van der Waals surface area contributed by atoms with Gasteiger partial charge in [-0.3, -0.25) is 0 Å². The molecule has 0 aliphatic rings. The monoisotopic (exact) mass is 347 g/mol. The van der Waals surface area contributed by atoms with Gasteiger partial charge in [-0.05, 0) is 23.6 Å². The van der Waals surface area contributed by atoms with E-state index in [0.717, 1.165) is 26.8 Å². The lowest BCUT2D eigenvalue weighted by Gasteiger charge is -1.98. The number of fused-ring (bicyclic) bond motifs is 3. The minimum atomic E-state index is 0.927. The molecule has 22 heavy (non-hydrogen) atoms. The van der Waals surface area contributed by atoms with Gasteiger partial charge in [0.1, 0.15) is 11.2 Å². The predicted octanol–water partition coefficient (Wildman–Crippen LogP) is 4.90. The average molecular weight is 348 g/mol. The zero-order chi connectivity index (χ0) is 14.7. The van der Waals surface area contributed by atoms with Crippen molar-refractivity contribution in [1.82, 2.24) is 14.8 Å². The van der Waals surface area contributed by atoms with Crippen molar-refractivity contribution in [2.75, 3.05) is 0 Å². The highest BCUT2D eigenvalue weighted by atomic mass is 79.9. The Bertz CT molecular complexity index is 1120. The molecule has 0 spiro atoms. The molecule has 5 rings (SSSR count). The van der Waals surface area contributed by atoms with Gasteiger partial charge >= 0.3 is 0 Å². The van der Waals surface area contributed by atoms with Crippen molar-refractivity contribution in [3.05, 3.63) is 65.1 Å². The molecule has 2 heterocycles. The van der Waals surface area contributed by atoms with Crippen LogP contribution in [0.4, 0.5) is 0 Å². The highest BCUT2D eigenvalue weighted by Crippen LogP contribution is 2.36. The van der Waals surface area contributed by atoms with E-state index in [9.17, 15) is 0 Å². The first-order chi connectivity index (χ1) is 10.8. The van der Waals surface area contributed by atoms with Gasteiger partial charge in [0.2, 0.25) is 0 Å². The quantitative estimate of drug-likeness (QED) is 0.431. The Kier molecular flexibility index (Phi) is 2.35.